The van der Waals surface area contributed by atoms with E-state index in [4.69, 9.17) is 51.5 Å². The van der Waals surface area contributed by atoms with Gasteiger partial charge >= 0.3 is 0 Å². The highest BCUT2D eigenvalue weighted by Gasteiger charge is 2.13. The second kappa shape index (κ2) is 28.1. The van der Waals surface area contributed by atoms with Gasteiger partial charge in [-0.15, -0.1) is 0 Å². The van der Waals surface area contributed by atoms with Gasteiger partial charge in [-0.1, -0.05) is 0 Å². The molecule has 0 heterocycles. The van der Waals surface area contributed by atoms with E-state index in [1.165, 1.54) is 0 Å². The van der Waals surface area contributed by atoms with Crippen molar-refractivity contribution >= 4 is 16.6 Å². The molecule has 0 saturated heterocycles. The fourth-order valence-corrected chi connectivity index (χ4v) is 4.07. The van der Waals surface area contributed by atoms with Crippen LogP contribution in [0, 0.1) is 0 Å². The molecule has 0 amide bonds. The molecule has 0 saturated carbocycles. The summed E-state index contributed by atoms with van der Waals surface area (Å²) >= 11 is 0. The van der Waals surface area contributed by atoms with E-state index in [1.54, 1.807) is 0 Å². The fraction of sp³-hybridized carbons (Fsp3) is 1.00. The van der Waals surface area contributed by atoms with Crippen LogP contribution in [0.4, 0.5) is 0 Å². The maximum atomic E-state index is 5.71. The number of rotatable bonds is 32. The summed E-state index contributed by atoms with van der Waals surface area (Å²) in [5.41, 5.74) is 0. The van der Waals surface area contributed by atoms with Crippen molar-refractivity contribution in [2.24, 2.45) is 0 Å². The summed E-state index contributed by atoms with van der Waals surface area (Å²) in [5.74, 6) is 0. The SMILES string of the molecule is C[Si](C)(C)OCCOCCOCCOCCOCCOCCOCCOCCOCCOCCO[Si](C)(C)C. The zero-order valence-electron chi connectivity index (χ0n) is 25.6. The molecule has 11 nitrogen and oxygen atoms in total. The predicted octanol–water partition coefficient (Wildman–Crippen LogP) is 2.84. The molecule has 0 rings (SSSR count). The third-order valence-corrected chi connectivity index (χ3v) is 6.64. The molecule has 0 aromatic carbocycles. The standard InChI is InChI=1S/C26H58O11Si2/c1-38(2,3)36-25-23-34-21-19-32-17-15-30-13-11-28-9-7-27-8-10-29-12-14-31-16-18-33-20-22-35-24-26-37-39(4,5)6/h7-26H2,1-6H3. The highest BCUT2D eigenvalue weighted by molar-refractivity contribution is 6.70. The Morgan fingerprint density at radius 3 is 0.487 bits per heavy atom. The first kappa shape index (κ1) is 39.0. The number of hydrogen-bond donors (Lipinski definition) is 0. The smallest absolute Gasteiger partial charge is 0.183 e. The molecule has 0 bridgehead atoms. The molecule has 13 heteroatoms. The molecule has 236 valence electrons. The summed E-state index contributed by atoms with van der Waals surface area (Å²) in [7, 11) is -2.89. The van der Waals surface area contributed by atoms with Crippen LogP contribution >= 0.6 is 0 Å². The Labute approximate surface area is 239 Å². The molecule has 0 N–H and O–H groups in total. The maximum Gasteiger partial charge on any atom is 0.183 e. The van der Waals surface area contributed by atoms with E-state index in [2.05, 4.69) is 39.3 Å². The molecule has 39 heavy (non-hydrogen) atoms. The highest BCUT2D eigenvalue weighted by atomic mass is 28.4. The molecular formula is C26H58O11Si2. The highest BCUT2D eigenvalue weighted by Crippen LogP contribution is 2.02. The van der Waals surface area contributed by atoms with Gasteiger partial charge in [-0.3, -0.25) is 0 Å². The van der Waals surface area contributed by atoms with Crippen LogP contribution in [0.15, 0.2) is 0 Å². The van der Waals surface area contributed by atoms with E-state index < -0.39 is 16.6 Å². The van der Waals surface area contributed by atoms with Crippen molar-refractivity contribution in [3.63, 3.8) is 0 Å². The van der Waals surface area contributed by atoms with Crippen LogP contribution < -0.4 is 0 Å². The lowest BCUT2D eigenvalue weighted by atomic mass is 10.6. The Balaban J connectivity index is 3.07. The zero-order chi connectivity index (χ0) is 28.9. The van der Waals surface area contributed by atoms with Crippen LogP contribution in [0.3, 0.4) is 0 Å². The molecule has 0 atom stereocenters. The minimum Gasteiger partial charge on any atom is -0.415 e. The number of hydrogen-bond acceptors (Lipinski definition) is 11. The van der Waals surface area contributed by atoms with Gasteiger partial charge in [0.05, 0.1) is 132 Å². The van der Waals surface area contributed by atoms with Gasteiger partial charge in [0.15, 0.2) is 16.6 Å². The Hall–Kier alpha value is -0.00623. The van der Waals surface area contributed by atoms with Crippen molar-refractivity contribution in [1.82, 2.24) is 0 Å². The average molecular weight is 603 g/mol. The lowest BCUT2D eigenvalue weighted by molar-refractivity contribution is -0.0258. The fourth-order valence-electron chi connectivity index (χ4n) is 2.67. The minimum atomic E-state index is -1.44. The van der Waals surface area contributed by atoms with Crippen LogP contribution in [-0.2, 0) is 51.5 Å². The lowest BCUT2D eigenvalue weighted by Crippen LogP contribution is -2.27. The van der Waals surface area contributed by atoms with Crippen molar-refractivity contribution in [3.8, 4) is 0 Å². The van der Waals surface area contributed by atoms with E-state index in [-0.39, 0.29) is 0 Å². The summed E-state index contributed by atoms with van der Waals surface area (Å²) in [6, 6.07) is 0. The van der Waals surface area contributed by atoms with Crippen molar-refractivity contribution in [3.05, 3.63) is 0 Å². The summed E-state index contributed by atoms with van der Waals surface area (Å²) in [4.78, 5) is 0. The van der Waals surface area contributed by atoms with Gasteiger partial charge in [0, 0.05) is 0 Å². The molecule has 0 aromatic heterocycles. The van der Waals surface area contributed by atoms with Crippen LogP contribution in [0.5, 0.6) is 0 Å². The topological polar surface area (TPSA) is 102 Å². The van der Waals surface area contributed by atoms with Crippen molar-refractivity contribution in [2.75, 3.05) is 132 Å². The molecule has 0 fully saturated rings. The van der Waals surface area contributed by atoms with Gasteiger partial charge in [0.1, 0.15) is 0 Å². The molecule has 0 spiro atoms. The number of ether oxygens (including phenoxy) is 9. The summed E-state index contributed by atoms with van der Waals surface area (Å²) in [6.07, 6.45) is 0. The van der Waals surface area contributed by atoms with Gasteiger partial charge in [0.25, 0.3) is 0 Å². The van der Waals surface area contributed by atoms with Gasteiger partial charge in [-0.25, -0.2) is 0 Å². The van der Waals surface area contributed by atoms with Gasteiger partial charge in [-0.2, -0.15) is 0 Å². The van der Waals surface area contributed by atoms with Gasteiger partial charge in [-0.05, 0) is 39.3 Å². The van der Waals surface area contributed by atoms with E-state index in [0.717, 1.165) is 0 Å². The minimum absolute atomic E-state index is 0.526. The predicted molar refractivity (Wildman–Crippen MR) is 156 cm³/mol. The molecule has 0 aliphatic heterocycles. The monoisotopic (exact) mass is 602 g/mol. The largest absolute Gasteiger partial charge is 0.415 e. The Morgan fingerprint density at radius 2 is 0.359 bits per heavy atom. The third kappa shape index (κ3) is 38.0. The molecule has 0 aromatic rings. The first-order valence-electron chi connectivity index (χ1n) is 14.2. The lowest BCUT2D eigenvalue weighted by Gasteiger charge is -2.16. The van der Waals surface area contributed by atoms with Crippen molar-refractivity contribution < 1.29 is 51.5 Å². The summed E-state index contributed by atoms with van der Waals surface area (Å²) in [6.45, 7) is 24.1. The third-order valence-electron chi connectivity index (χ3n) is 4.50. The first-order valence-corrected chi connectivity index (χ1v) is 21.0. The van der Waals surface area contributed by atoms with Crippen LogP contribution in [-0.4, -0.2) is 149 Å². The van der Waals surface area contributed by atoms with Gasteiger partial charge < -0.3 is 51.5 Å². The van der Waals surface area contributed by atoms with E-state index in [9.17, 15) is 0 Å². The molecule has 0 aliphatic carbocycles. The summed E-state index contributed by atoms with van der Waals surface area (Å²) in [5, 5.41) is 0. The quantitative estimate of drug-likeness (QED) is 0.0839. The zero-order valence-corrected chi connectivity index (χ0v) is 27.6. The molecule has 0 unspecified atom stereocenters. The van der Waals surface area contributed by atoms with E-state index in [0.29, 0.717) is 132 Å². The molecule has 0 radical (unpaired) electrons. The Kier molecular flexibility index (Phi) is 28.1. The Bertz CT molecular complexity index is 450. The van der Waals surface area contributed by atoms with Crippen LogP contribution in [0.1, 0.15) is 0 Å². The second-order valence-electron chi connectivity index (χ2n) is 10.4. The summed E-state index contributed by atoms with van der Waals surface area (Å²) < 4.78 is 60.6. The van der Waals surface area contributed by atoms with Crippen LogP contribution in [0.25, 0.3) is 0 Å². The normalized spacial score (nSPS) is 12.5. The maximum absolute atomic E-state index is 5.71. The first-order chi connectivity index (χ1) is 18.7. The van der Waals surface area contributed by atoms with Crippen molar-refractivity contribution in [2.45, 2.75) is 39.3 Å². The Morgan fingerprint density at radius 1 is 0.231 bits per heavy atom. The average Bonchev–Trinajstić information content (AvgIpc) is 2.86. The molecule has 0 aliphatic rings. The van der Waals surface area contributed by atoms with E-state index in [1.807, 2.05) is 0 Å². The van der Waals surface area contributed by atoms with Crippen LogP contribution in [0.2, 0.25) is 39.3 Å². The van der Waals surface area contributed by atoms with E-state index >= 15 is 0 Å². The second-order valence-corrected chi connectivity index (χ2v) is 19.5. The molecular weight excluding hydrogens is 544 g/mol. The van der Waals surface area contributed by atoms with Gasteiger partial charge in [0.2, 0.25) is 0 Å². The van der Waals surface area contributed by atoms with Crippen molar-refractivity contribution in [1.29, 1.82) is 0 Å².